The van der Waals surface area contributed by atoms with E-state index in [4.69, 9.17) is 11.6 Å². The molecule has 1 aromatic rings. The van der Waals surface area contributed by atoms with E-state index in [1.165, 1.54) is 11.0 Å². The zero-order chi connectivity index (χ0) is 14.2. The van der Waals surface area contributed by atoms with Crippen LogP contribution in [-0.4, -0.2) is 23.6 Å². The molecule has 3 nitrogen and oxygen atoms in total. The van der Waals surface area contributed by atoms with Gasteiger partial charge in [0.05, 0.1) is 16.3 Å². The Morgan fingerprint density at radius 3 is 2.68 bits per heavy atom. The summed E-state index contributed by atoms with van der Waals surface area (Å²) >= 11 is 9.02. The van der Waals surface area contributed by atoms with Crippen LogP contribution in [0.4, 0.5) is 10.1 Å². The molecule has 0 aliphatic carbocycles. The van der Waals surface area contributed by atoms with E-state index >= 15 is 0 Å². The van der Waals surface area contributed by atoms with Crippen LogP contribution in [0.5, 0.6) is 0 Å². The van der Waals surface area contributed by atoms with Crippen molar-refractivity contribution in [2.24, 2.45) is 5.92 Å². The SMILES string of the molecule is CCC(CBr)CN1C(=O)C(=O)c2cc(Cl)c(F)cc21. The molecule has 2 rings (SSSR count). The van der Waals surface area contributed by atoms with Gasteiger partial charge in [-0.1, -0.05) is 40.9 Å². The largest absolute Gasteiger partial charge is 0.304 e. The third kappa shape index (κ3) is 2.54. The van der Waals surface area contributed by atoms with Crippen molar-refractivity contribution >= 4 is 44.9 Å². The van der Waals surface area contributed by atoms with E-state index in [-0.39, 0.29) is 16.5 Å². The molecule has 0 spiro atoms. The lowest BCUT2D eigenvalue weighted by Crippen LogP contribution is -2.34. The molecule has 0 saturated heterocycles. The summed E-state index contributed by atoms with van der Waals surface area (Å²) in [5, 5.41) is 0.571. The van der Waals surface area contributed by atoms with Gasteiger partial charge in [-0.15, -0.1) is 0 Å². The molecular formula is C13H12BrClFNO2. The van der Waals surface area contributed by atoms with Crippen LogP contribution in [0.2, 0.25) is 5.02 Å². The van der Waals surface area contributed by atoms with Crippen LogP contribution in [-0.2, 0) is 4.79 Å². The number of nitrogens with zero attached hydrogens (tertiary/aromatic N) is 1. The second-order valence-corrected chi connectivity index (χ2v) is 5.51. The fourth-order valence-corrected chi connectivity index (χ4v) is 2.84. The predicted molar refractivity (Wildman–Crippen MR) is 75.7 cm³/mol. The molecule has 1 heterocycles. The van der Waals surface area contributed by atoms with E-state index in [1.807, 2.05) is 6.92 Å². The van der Waals surface area contributed by atoms with Gasteiger partial charge in [-0.05, 0) is 18.1 Å². The smallest absolute Gasteiger partial charge is 0.299 e. The molecule has 1 aliphatic heterocycles. The molecule has 1 amide bonds. The van der Waals surface area contributed by atoms with E-state index in [1.54, 1.807) is 0 Å². The summed E-state index contributed by atoms with van der Waals surface area (Å²) in [7, 11) is 0. The van der Waals surface area contributed by atoms with Crippen molar-refractivity contribution in [3.8, 4) is 0 Å². The average Bonchev–Trinajstić information content (AvgIpc) is 2.61. The maximum atomic E-state index is 13.5. The minimum absolute atomic E-state index is 0.144. The fourth-order valence-electron chi connectivity index (χ4n) is 2.02. The molecule has 6 heteroatoms. The van der Waals surface area contributed by atoms with Crippen molar-refractivity contribution in [1.82, 2.24) is 0 Å². The van der Waals surface area contributed by atoms with Crippen molar-refractivity contribution in [2.45, 2.75) is 13.3 Å². The molecule has 0 aromatic heterocycles. The summed E-state index contributed by atoms with van der Waals surface area (Å²) in [6.07, 6.45) is 0.856. The summed E-state index contributed by atoms with van der Waals surface area (Å²) in [6, 6.07) is 2.38. The van der Waals surface area contributed by atoms with Crippen molar-refractivity contribution in [3.63, 3.8) is 0 Å². The van der Waals surface area contributed by atoms with Gasteiger partial charge in [0.1, 0.15) is 5.82 Å². The molecule has 1 unspecified atom stereocenters. The first-order valence-electron chi connectivity index (χ1n) is 5.90. The quantitative estimate of drug-likeness (QED) is 0.617. The molecular weight excluding hydrogens is 337 g/mol. The summed E-state index contributed by atoms with van der Waals surface area (Å²) in [6.45, 7) is 2.39. The Bertz CT molecular complexity index is 546. The molecule has 102 valence electrons. The maximum absolute atomic E-state index is 13.5. The van der Waals surface area contributed by atoms with Gasteiger partial charge in [-0.25, -0.2) is 4.39 Å². The van der Waals surface area contributed by atoms with Crippen molar-refractivity contribution < 1.29 is 14.0 Å². The lowest BCUT2D eigenvalue weighted by Gasteiger charge is -2.21. The lowest BCUT2D eigenvalue weighted by atomic mass is 10.1. The number of ketones is 1. The molecule has 19 heavy (non-hydrogen) atoms. The number of anilines is 1. The Hall–Kier alpha value is -0.940. The van der Waals surface area contributed by atoms with Gasteiger partial charge in [0.2, 0.25) is 0 Å². The number of benzene rings is 1. The van der Waals surface area contributed by atoms with Crippen LogP contribution in [0.15, 0.2) is 12.1 Å². The van der Waals surface area contributed by atoms with Gasteiger partial charge in [0, 0.05) is 11.9 Å². The van der Waals surface area contributed by atoms with Gasteiger partial charge >= 0.3 is 0 Å². The normalized spacial score (nSPS) is 15.9. The second-order valence-electron chi connectivity index (χ2n) is 4.46. The van der Waals surface area contributed by atoms with Gasteiger partial charge < -0.3 is 4.90 Å². The standard InChI is InChI=1S/C13H12BrClFNO2/c1-2-7(5-14)6-17-11-4-10(16)9(15)3-8(11)12(18)13(17)19/h3-4,7H,2,5-6H2,1H3. The summed E-state index contributed by atoms with van der Waals surface area (Å²) in [5.74, 6) is -1.65. The van der Waals surface area contributed by atoms with Gasteiger partial charge in [-0.2, -0.15) is 0 Å². The fraction of sp³-hybridized carbons (Fsp3) is 0.385. The number of rotatable bonds is 4. The topological polar surface area (TPSA) is 37.4 Å². The van der Waals surface area contributed by atoms with Gasteiger partial charge in [0.25, 0.3) is 11.7 Å². The highest BCUT2D eigenvalue weighted by molar-refractivity contribution is 9.09. The van der Waals surface area contributed by atoms with Crippen LogP contribution in [0, 0.1) is 11.7 Å². The monoisotopic (exact) mass is 347 g/mol. The third-order valence-corrected chi connectivity index (χ3v) is 4.46. The number of fused-ring (bicyclic) bond motifs is 1. The van der Waals surface area contributed by atoms with E-state index in [9.17, 15) is 14.0 Å². The molecule has 0 fully saturated rings. The molecule has 0 saturated carbocycles. The van der Waals surface area contributed by atoms with Crippen LogP contribution >= 0.6 is 27.5 Å². The van der Waals surface area contributed by atoms with E-state index in [2.05, 4.69) is 15.9 Å². The summed E-state index contributed by atoms with van der Waals surface area (Å²) in [4.78, 5) is 25.1. The number of hydrogen-bond donors (Lipinski definition) is 0. The Balaban J connectivity index is 2.41. The third-order valence-electron chi connectivity index (χ3n) is 3.25. The van der Waals surface area contributed by atoms with E-state index in [0.717, 1.165) is 12.5 Å². The first kappa shape index (κ1) is 14.5. The van der Waals surface area contributed by atoms with E-state index in [0.29, 0.717) is 17.6 Å². The number of alkyl halides is 1. The van der Waals surface area contributed by atoms with Crippen LogP contribution in [0.3, 0.4) is 0 Å². The number of carbonyl (C=O) groups is 2. The van der Waals surface area contributed by atoms with Crippen molar-refractivity contribution in [3.05, 3.63) is 28.5 Å². The highest BCUT2D eigenvalue weighted by Gasteiger charge is 2.37. The molecule has 0 radical (unpaired) electrons. The van der Waals surface area contributed by atoms with Gasteiger partial charge in [-0.3, -0.25) is 9.59 Å². The maximum Gasteiger partial charge on any atom is 0.299 e. The molecule has 1 aromatic carbocycles. The highest BCUT2D eigenvalue weighted by atomic mass is 79.9. The number of carbonyl (C=O) groups excluding carboxylic acids is 2. The molecule has 1 atom stereocenters. The van der Waals surface area contributed by atoms with E-state index < -0.39 is 17.5 Å². The number of amides is 1. The van der Waals surface area contributed by atoms with Gasteiger partial charge in [0.15, 0.2) is 0 Å². The predicted octanol–water partition coefficient (Wildman–Crippen LogP) is 3.43. The van der Waals surface area contributed by atoms with Crippen molar-refractivity contribution in [1.29, 1.82) is 0 Å². The average molecular weight is 349 g/mol. The Morgan fingerprint density at radius 2 is 2.11 bits per heavy atom. The Morgan fingerprint density at radius 1 is 1.42 bits per heavy atom. The lowest BCUT2D eigenvalue weighted by molar-refractivity contribution is -0.114. The summed E-state index contributed by atoms with van der Waals surface area (Å²) < 4.78 is 13.5. The Kier molecular flexibility index (Phi) is 4.26. The molecule has 0 bridgehead atoms. The number of hydrogen-bond acceptors (Lipinski definition) is 2. The Labute approximate surface area is 123 Å². The number of halogens is 3. The van der Waals surface area contributed by atoms with Crippen molar-refractivity contribution in [2.75, 3.05) is 16.8 Å². The molecule has 0 N–H and O–H groups in total. The highest BCUT2D eigenvalue weighted by Crippen LogP contribution is 2.33. The molecule has 1 aliphatic rings. The first-order chi connectivity index (χ1) is 8.99. The summed E-state index contributed by atoms with van der Waals surface area (Å²) in [5.41, 5.74) is 0.497. The zero-order valence-corrected chi connectivity index (χ0v) is 12.6. The second kappa shape index (κ2) is 5.59. The van der Waals surface area contributed by atoms with Crippen LogP contribution in [0.1, 0.15) is 23.7 Å². The van der Waals surface area contributed by atoms with Crippen LogP contribution < -0.4 is 4.90 Å². The minimum atomic E-state index is -0.625. The zero-order valence-electron chi connectivity index (χ0n) is 10.3. The van der Waals surface area contributed by atoms with Crippen LogP contribution in [0.25, 0.3) is 0 Å². The number of Topliss-reactive ketones (excluding diaryl/α,β-unsaturated/α-hetero) is 1. The first-order valence-corrected chi connectivity index (χ1v) is 7.40. The minimum Gasteiger partial charge on any atom is -0.304 e.